The van der Waals surface area contributed by atoms with E-state index in [4.69, 9.17) is 0 Å². The van der Waals surface area contributed by atoms with Gasteiger partial charge in [0.05, 0.1) is 4.92 Å². The first-order valence-electron chi connectivity index (χ1n) is 6.25. The summed E-state index contributed by atoms with van der Waals surface area (Å²) in [6, 6.07) is 3.95. The van der Waals surface area contributed by atoms with E-state index in [0.717, 1.165) is 0 Å². The molecule has 0 aliphatic rings. The average molecular weight is 311 g/mol. The fraction of sp³-hybridized carbons (Fsp3) is 0.385. The number of hydrogen-bond donors (Lipinski definition) is 3. The van der Waals surface area contributed by atoms with Crippen LogP contribution in [0, 0.1) is 17.0 Å². The summed E-state index contributed by atoms with van der Waals surface area (Å²) in [5.41, 5.74) is 1.16. The van der Waals surface area contributed by atoms with Crippen LogP contribution < -0.4 is 10.6 Å². The number of nitro benzene ring substituents is 1. The fourth-order valence-corrected chi connectivity index (χ4v) is 2.06. The molecule has 0 aliphatic carbocycles. The van der Waals surface area contributed by atoms with Crippen LogP contribution in [0.25, 0.3) is 0 Å². The molecule has 1 aromatic carbocycles. The summed E-state index contributed by atoms with van der Waals surface area (Å²) in [5, 5.41) is 16.0. The summed E-state index contributed by atoms with van der Waals surface area (Å²) in [4.78, 5) is 33.3. The Labute approximate surface area is 127 Å². The molecule has 2 amide bonds. The monoisotopic (exact) mass is 311 g/mol. The molecule has 0 saturated heterocycles. The van der Waals surface area contributed by atoms with Gasteiger partial charge in [-0.2, -0.15) is 12.6 Å². The highest BCUT2D eigenvalue weighted by Crippen LogP contribution is 2.20. The van der Waals surface area contributed by atoms with Crippen molar-refractivity contribution in [2.45, 2.75) is 26.4 Å². The molecule has 1 aromatic rings. The van der Waals surface area contributed by atoms with Gasteiger partial charge in [0.1, 0.15) is 6.04 Å². The largest absolute Gasteiger partial charge is 0.350 e. The number of benzene rings is 1. The minimum Gasteiger partial charge on any atom is -0.350 e. The van der Waals surface area contributed by atoms with Crippen LogP contribution in [0.15, 0.2) is 18.2 Å². The van der Waals surface area contributed by atoms with E-state index in [2.05, 4.69) is 23.3 Å². The van der Waals surface area contributed by atoms with Gasteiger partial charge in [0, 0.05) is 30.9 Å². The van der Waals surface area contributed by atoms with Crippen molar-refractivity contribution in [1.29, 1.82) is 0 Å². The second-order valence-corrected chi connectivity index (χ2v) is 4.84. The van der Waals surface area contributed by atoms with Gasteiger partial charge in [-0.3, -0.25) is 19.7 Å². The summed E-state index contributed by atoms with van der Waals surface area (Å²) in [7, 11) is 0. The molecular weight excluding hydrogens is 294 g/mol. The Morgan fingerprint density at radius 3 is 2.62 bits per heavy atom. The molecule has 0 saturated carbocycles. The molecule has 0 radical (unpaired) electrons. The van der Waals surface area contributed by atoms with E-state index in [9.17, 15) is 19.7 Å². The van der Waals surface area contributed by atoms with Crippen LogP contribution in [-0.2, 0) is 16.1 Å². The molecule has 0 aromatic heterocycles. The molecule has 0 spiro atoms. The molecule has 0 fully saturated rings. The first kappa shape index (κ1) is 17.0. The lowest BCUT2D eigenvalue weighted by Crippen LogP contribution is -2.47. The summed E-state index contributed by atoms with van der Waals surface area (Å²) in [6.45, 7) is 3.09. The molecule has 2 N–H and O–H groups in total. The number of amides is 2. The van der Waals surface area contributed by atoms with Gasteiger partial charge < -0.3 is 10.6 Å². The molecule has 1 rings (SSSR count). The predicted octanol–water partition coefficient (Wildman–Crippen LogP) is 0.954. The SMILES string of the molecule is CC(=O)NC(CS)C(=O)NCc1cccc([N+](=O)[O-])c1C. The second kappa shape index (κ2) is 7.63. The number of thiol groups is 1. The fourth-order valence-electron chi connectivity index (χ4n) is 1.80. The van der Waals surface area contributed by atoms with Gasteiger partial charge in [0.2, 0.25) is 11.8 Å². The highest BCUT2D eigenvalue weighted by Gasteiger charge is 2.18. The number of nitrogens with zero attached hydrogens (tertiary/aromatic N) is 1. The minimum absolute atomic E-state index is 0.00866. The highest BCUT2D eigenvalue weighted by atomic mass is 32.1. The molecule has 21 heavy (non-hydrogen) atoms. The first-order chi connectivity index (χ1) is 9.86. The van der Waals surface area contributed by atoms with E-state index >= 15 is 0 Å². The van der Waals surface area contributed by atoms with E-state index in [-0.39, 0.29) is 29.8 Å². The Kier molecular flexibility index (Phi) is 6.16. The summed E-state index contributed by atoms with van der Waals surface area (Å²) >= 11 is 4.01. The Morgan fingerprint density at radius 1 is 1.43 bits per heavy atom. The Balaban J connectivity index is 2.75. The lowest BCUT2D eigenvalue weighted by atomic mass is 10.1. The van der Waals surface area contributed by atoms with Crippen molar-refractivity contribution >= 4 is 30.1 Å². The molecule has 0 heterocycles. The van der Waals surface area contributed by atoms with E-state index in [1.807, 2.05) is 0 Å². The third kappa shape index (κ3) is 4.75. The van der Waals surface area contributed by atoms with Crippen LogP contribution in [0.5, 0.6) is 0 Å². The highest BCUT2D eigenvalue weighted by molar-refractivity contribution is 7.80. The maximum Gasteiger partial charge on any atom is 0.272 e. The smallest absolute Gasteiger partial charge is 0.272 e. The number of carbonyl (C=O) groups is 2. The van der Waals surface area contributed by atoms with Gasteiger partial charge in [-0.15, -0.1) is 0 Å². The summed E-state index contributed by atoms with van der Waals surface area (Å²) in [6.07, 6.45) is 0. The van der Waals surface area contributed by atoms with Crippen molar-refractivity contribution in [2.75, 3.05) is 5.75 Å². The topological polar surface area (TPSA) is 101 Å². The van der Waals surface area contributed by atoms with Crippen LogP contribution in [0.3, 0.4) is 0 Å². The van der Waals surface area contributed by atoms with Gasteiger partial charge in [-0.1, -0.05) is 12.1 Å². The number of nitrogens with one attached hydrogen (secondary N) is 2. The Morgan fingerprint density at radius 2 is 2.10 bits per heavy atom. The second-order valence-electron chi connectivity index (χ2n) is 4.47. The van der Waals surface area contributed by atoms with Crippen LogP contribution in [-0.4, -0.2) is 28.5 Å². The third-order valence-corrected chi connectivity index (χ3v) is 3.31. The van der Waals surface area contributed by atoms with Gasteiger partial charge in [-0.25, -0.2) is 0 Å². The predicted molar refractivity (Wildman–Crippen MR) is 81.1 cm³/mol. The van der Waals surface area contributed by atoms with Gasteiger partial charge in [-0.05, 0) is 12.5 Å². The average Bonchev–Trinajstić information content (AvgIpc) is 2.42. The number of carbonyl (C=O) groups excluding carboxylic acids is 2. The molecular formula is C13H17N3O4S. The third-order valence-electron chi connectivity index (χ3n) is 2.94. The van der Waals surface area contributed by atoms with Crippen LogP contribution in [0.1, 0.15) is 18.1 Å². The van der Waals surface area contributed by atoms with E-state index in [1.54, 1.807) is 19.1 Å². The molecule has 7 nitrogen and oxygen atoms in total. The molecule has 1 unspecified atom stereocenters. The van der Waals surface area contributed by atoms with Gasteiger partial charge >= 0.3 is 0 Å². The van der Waals surface area contributed by atoms with E-state index in [0.29, 0.717) is 11.1 Å². The van der Waals surface area contributed by atoms with Crippen LogP contribution >= 0.6 is 12.6 Å². The Hall–Kier alpha value is -2.09. The zero-order valence-corrected chi connectivity index (χ0v) is 12.6. The van der Waals surface area contributed by atoms with Gasteiger partial charge in [0.25, 0.3) is 5.69 Å². The van der Waals surface area contributed by atoms with Crippen molar-refractivity contribution < 1.29 is 14.5 Å². The number of nitro groups is 1. The van der Waals surface area contributed by atoms with Crippen molar-refractivity contribution in [2.24, 2.45) is 0 Å². The van der Waals surface area contributed by atoms with Crippen LogP contribution in [0.2, 0.25) is 0 Å². The first-order valence-corrected chi connectivity index (χ1v) is 6.88. The molecule has 8 heteroatoms. The number of hydrogen-bond acceptors (Lipinski definition) is 5. The molecule has 114 valence electrons. The Bertz CT molecular complexity index is 562. The van der Waals surface area contributed by atoms with E-state index in [1.165, 1.54) is 13.0 Å². The lowest BCUT2D eigenvalue weighted by Gasteiger charge is -2.15. The quantitative estimate of drug-likeness (QED) is 0.413. The zero-order chi connectivity index (χ0) is 16.0. The van der Waals surface area contributed by atoms with Crippen molar-refractivity contribution in [1.82, 2.24) is 10.6 Å². The maximum absolute atomic E-state index is 11.9. The van der Waals surface area contributed by atoms with Crippen molar-refractivity contribution in [3.8, 4) is 0 Å². The lowest BCUT2D eigenvalue weighted by molar-refractivity contribution is -0.385. The van der Waals surface area contributed by atoms with Crippen molar-refractivity contribution in [3.05, 3.63) is 39.4 Å². The molecule has 0 bridgehead atoms. The zero-order valence-electron chi connectivity index (χ0n) is 11.8. The molecule has 0 aliphatic heterocycles. The minimum atomic E-state index is -0.732. The summed E-state index contributed by atoms with van der Waals surface area (Å²) in [5.74, 6) is -0.541. The number of rotatable bonds is 6. The van der Waals surface area contributed by atoms with Crippen molar-refractivity contribution in [3.63, 3.8) is 0 Å². The normalized spacial score (nSPS) is 11.6. The standard InChI is InChI=1S/C13H17N3O4S/c1-8-10(4-3-5-12(8)16(19)20)6-14-13(18)11(7-21)15-9(2)17/h3-5,11,21H,6-7H2,1-2H3,(H,14,18)(H,15,17). The van der Waals surface area contributed by atoms with Crippen LogP contribution in [0.4, 0.5) is 5.69 Å². The van der Waals surface area contributed by atoms with Gasteiger partial charge in [0.15, 0.2) is 0 Å². The molecule has 1 atom stereocenters. The van der Waals surface area contributed by atoms with E-state index < -0.39 is 11.0 Å². The maximum atomic E-state index is 11.9. The summed E-state index contributed by atoms with van der Waals surface area (Å²) < 4.78 is 0.